The molecule has 0 bridgehead atoms. The van der Waals surface area contributed by atoms with Gasteiger partial charge in [0, 0.05) is 22.2 Å². The lowest BCUT2D eigenvalue weighted by atomic mass is 10.1. The van der Waals surface area contributed by atoms with Crippen LogP contribution in [0.25, 0.3) is 22.2 Å². The van der Waals surface area contributed by atoms with Crippen molar-refractivity contribution in [3.63, 3.8) is 0 Å². The van der Waals surface area contributed by atoms with Crippen molar-refractivity contribution in [3.8, 4) is 17.0 Å². The first-order valence-corrected chi connectivity index (χ1v) is 8.23. The highest BCUT2D eigenvalue weighted by atomic mass is 16.5. The smallest absolute Gasteiger partial charge is 0.255 e. The average Bonchev–Trinajstić information content (AvgIpc) is 3.12. The molecular weight excluding hydrogens is 326 g/mol. The lowest BCUT2D eigenvalue weighted by Gasteiger charge is -2.06. The molecule has 4 aromatic rings. The van der Waals surface area contributed by atoms with E-state index in [-0.39, 0.29) is 5.91 Å². The molecule has 5 heteroatoms. The number of fused-ring (bicyclic) bond motifs is 1. The number of hydrogen-bond acceptors (Lipinski definition) is 3. The fourth-order valence-electron chi connectivity index (χ4n) is 2.84. The zero-order chi connectivity index (χ0) is 17.9. The Morgan fingerprint density at radius 2 is 1.77 bits per heavy atom. The van der Waals surface area contributed by atoms with Gasteiger partial charge < -0.3 is 10.1 Å². The average molecular weight is 343 g/mol. The number of H-pyrrole nitrogens is 1. The minimum Gasteiger partial charge on any atom is -0.497 e. The fraction of sp³-hybridized carbons (Fsp3) is 0.0476. The van der Waals surface area contributed by atoms with Crippen molar-refractivity contribution in [3.05, 3.63) is 78.4 Å². The zero-order valence-corrected chi connectivity index (χ0v) is 14.2. The van der Waals surface area contributed by atoms with Crippen LogP contribution in [0.3, 0.4) is 0 Å². The van der Waals surface area contributed by atoms with Gasteiger partial charge in [0.1, 0.15) is 11.4 Å². The molecule has 0 spiro atoms. The molecule has 3 aromatic carbocycles. The molecule has 0 unspecified atom stereocenters. The van der Waals surface area contributed by atoms with Crippen molar-refractivity contribution in [1.29, 1.82) is 0 Å². The Kier molecular flexibility index (Phi) is 4.11. The Morgan fingerprint density at radius 3 is 2.50 bits per heavy atom. The van der Waals surface area contributed by atoms with E-state index in [0.29, 0.717) is 5.56 Å². The van der Waals surface area contributed by atoms with Crippen LogP contribution in [-0.4, -0.2) is 23.2 Å². The van der Waals surface area contributed by atoms with Crippen LogP contribution in [-0.2, 0) is 0 Å². The van der Waals surface area contributed by atoms with Gasteiger partial charge in [-0.1, -0.05) is 30.3 Å². The molecular formula is C21H17N3O2. The molecule has 0 atom stereocenters. The third-order valence-corrected chi connectivity index (χ3v) is 4.22. The predicted molar refractivity (Wildman–Crippen MR) is 102 cm³/mol. The van der Waals surface area contributed by atoms with E-state index in [4.69, 9.17) is 4.74 Å². The van der Waals surface area contributed by atoms with Gasteiger partial charge in [0.25, 0.3) is 5.91 Å². The summed E-state index contributed by atoms with van der Waals surface area (Å²) in [5, 5.41) is 11.3. The number of aromatic nitrogens is 2. The highest BCUT2D eigenvalue weighted by Gasteiger charge is 2.11. The Balaban J connectivity index is 1.61. The normalized spacial score (nSPS) is 10.7. The number of methoxy groups -OCH3 is 1. The summed E-state index contributed by atoms with van der Waals surface area (Å²) < 4.78 is 5.30. The second-order valence-corrected chi connectivity index (χ2v) is 5.88. The van der Waals surface area contributed by atoms with Gasteiger partial charge in [-0.15, -0.1) is 0 Å². The third kappa shape index (κ3) is 3.02. The number of amides is 1. The largest absolute Gasteiger partial charge is 0.497 e. The predicted octanol–water partition coefficient (Wildman–Crippen LogP) is 4.49. The number of carbonyl (C=O) groups excluding carboxylic acids is 1. The second-order valence-electron chi connectivity index (χ2n) is 5.88. The van der Waals surface area contributed by atoms with Gasteiger partial charge in [-0.25, -0.2) is 0 Å². The van der Waals surface area contributed by atoms with Crippen LogP contribution in [0.1, 0.15) is 10.4 Å². The lowest BCUT2D eigenvalue weighted by Crippen LogP contribution is -2.11. The van der Waals surface area contributed by atoms with E-state index in [9.17, 15) is 4.79 Å². The molecule has 0 aliphatic carbocycles. The van der Waals surface area contributed by atoms with Gasteiger partial charge in [0.2, 0.25) is 0 Å². The van der Waals surface area contributed by atoms with Crippen LogP contribution in [0, 0.1) is 0 Å². The van der Waals surface area contributed by atoms with E-state index in [0.717, 1.165) is 33.6 Å². The summed E-state index contributed by atoms with van der Waals surface area (Å²) in [6.07, 6.45) is 0. The van der Waals surface area contributed by atoms with Crippen molar-refractivity contribution < 1.29 is 9.53 Å². The van der Waals surface area contributed by atoms with Crippen molar-refractivity contribution >= 4 is 22.5 Å². The molecule has 4 rings (SSSR count). The van der Waals surface area contributed by atoms with E-state index in [2.05, 4.69) is 15.5 Å². The highest BCUT2D eigenvalue weighted by Crippen LogP contribution is 2.29. The second kappa shape index (κ2) is 6.72. The fourth-order valence-corrected chi connectivity index (χ4v) is 2.84. The molecule has 1 aromatic heterocycles. The Bertz CT molecular complexity index is 1050. The van der Waals surface area contributed by atoms with E-state index in [1.54, 1.807) is 19.2 Å². The number of anilines is 1. The molecule has 1 amide bonds. The quantitative estimate of drug-likeness (QED) is 0.574. The minimum atomic E-state index is -0.142. The number of ether oxygens (including phenoxy) is 1. The Labute approximate surface area is 150 Å². The van der Waals surface area contributed by atoms with Gasteiger partial charge in [0.15, 0.2) is 0 Å². The van der Waals surface area contributed by atoms with E-state index in [1.165, 1.54) is 0 Å². The van der Waals surface area contributed by atoms with Crippen LogP contribution in [0.4, 0.5) is 5.69 Å². The maximum absolute atomic E-state index is 12.4. The number of nitrogens with one attached hydrogen (secondary N) is 2. The maximum Gasteiger partial charge on any atom is 0.255 e. The molecule has 0 saturated heterocycles. The Hall–Kier alpha value is -3.60. The third-order valence-electron chi connectivity index (χ3n) is 4.22. The van der Waals surface area contributed by atoms with Crippen LogP contribution in [0.15, 0.2) is 72.8 Å². The van der Waals surface area contributed by atoms with Crippen LogP contribution >= 0.6 is 0 Å². The van der Waals surface area contributed by atoms with E-state index in [1.807, 2.05) is 60.7 Å². The van der Waals surface area contributed by atoms with Gasteiger partial charge in [-0.05, 0) is 42.5 Å². The summed E-state index contributed by atoms with van der Waals surface area (Å²) in [7, 11) is 1.64. The summed E-state index contributed by atoms with van der Waals surface area (Å²) in [6, 6.07) is 22.6. The van der Waals surface area contributed by atoms with E-state index < -0.39 is 0 Å². The molecule has 2 N–H and O–H groups in total. The van der Waals surface area contributed by atoms with Crippen LogP contribution in [0.5, 0.6) is 5.75 Å². The lowest BCUT2D eigenvalue weighted by molar-refractivity contribution is 0.102. The van der Waals surface area contributed by atoms with Gasteiger partial charge in [-0.3, -0.25) is 9.89 Å². The molecule has 0 aliphatic rings. The van der Waals surface area contributed by atoms with Gasteiger partial charge in [-0.2, -0.15) is 5.10 Å². The van der Waals surface area contributed by atoms with Crippen molar-refractivity contribution in [2.24, 2.45) is 0 Å². The first-order chi connectivity index (χ1) is 12.7. The summed E-state index contributed by atoms with van der Waals surface area (Å²) in [4.78, 5) is 12.4. The molecule has 0 fully saturated rings. The Morgan fingerprint density at radius 1 is 1.00 bits per heavy atom. The van der Waals surface area contributed by atoms with Gasteiger partial charge >= 0.3 is 0 Å². The molecule has 26 heavy (non-hydrogen) atoms. The zero-order valence-electron chi connectivity index (χ0n) is 14.2. The van der Waals surface area contributed by atoms with Crippen LogP contribution in [0.2, 0.25) is 0 Å². The number of rotatable bonds is 4. The monoisotopic (exact) mass is 343 g/mol. The van der Waals surface area contributed by atoms with Crippen molar-refractivity contribution in [2.75, 3.05) is 12.4 Å². The molecule has 5 nitrogen and oxygen atoms in total. The van der Waals surface area contributed by atoms with Gasteiger partial charge in [0.05, 0.1) is 12.6 Å². The molecule has 0 radical (unpaired) electrons. The number of carbonyl (C=O) groups is 1. The summed E-state index contributed by atoms with van der Waals surface area (Å²) in [6.45, 7) is 0. The first kappa shape index (κ1) is 15.9. The molecule has 0 aliphatic heterocycles. The SMILES string of the molecule is COc1ccc2[nH]nc(-c3ccc(C(=O)Nc4ccccc4)cc3)c2c1. The molecule has 0 saturated carbocycles. The highest BCUT2D eigenvalue weighted by molar-refractivity contribution is 6.04. The number of para-hydroxylation sites is 1. The number of benzene rings is 3. The number of hydrogen-bond donors (Lipinski definition) is 2. The van der Waals surface area contributed by atoms with Crippen LogP contribution < -0.4 is 10.1 Å². The summed E-state index contributed by atoms with van der Waals surface area (Å²) >= 11 is 0. The summed E-state index contributed by atoms with van der Waals surface area (Å²) in [5.74, 6) is 0.635. The van der Waals surface area contributed by atoms with Crippen molar-refractivity contribution in [2.45, 2.75) is 0 Å². The topological polar surface area (TPSA) is 67.0 Å². The number of aromatic amines is 1. The first-order valence-electron chi connectivity index (χ1n) is 8.23. The standard InChI is InChI=1S/C21H17N3O2/c1-26-17-11-12-19-18(13-17)20(24-23-19)14-7-9-15(10-8-14)21(25)22-16-5-3-2-4-6-16/h2-13H,1H3,(H,22,25)(H,23,24). The minimum absolute atomic E-state index is 0.142. The maximum atomic E-state index is 12.4. The molecule has 128 valence electrons. The molecule has 1 heterocycles. The van der Waals surface area contributed by atoms with E-state index >= 15 is 0 Å². The number of nitrogens with zero attached hydrogens (tertiary/aromatic N) is 1. The van der Waals surface area contributed by atoms with Crippen molar-refractivity contribution in [1.82, 2.24) is 10.2 Å². The summed E-state index contributed by atoms with van der Waals surface area (Å²) in [5.41, 5.74) is 4.06.